The second-order valence-corrected chi connectivity index (χ2v) is 5.74. The molecular formula is C15H20N2O. The molecule has 0 saturated heterocycles. The maximum atomic E-state index is 12.0. The quantitative estimate of drug-likeness (QED) is 0.832. The number of carbonyl (C=O) groups is 1. The molecular weight excluding hydrogens is 224 g/mol. The Balaban J connectivity index is 1.55. The molecule has 3 nitrogen and oxygen atoms in total. The SMILES string of the molecule is N[C@H](C(=O)NCC1(C2CC2)CC1)c1ccccc1. The number of carbonyl (C=O) groups excluding carboxylic acids is 1. The minimum atomic E-state index is -0.541. The predicted octanol–water partition coefficient (Wildman–Crippen LogP) is 1.99. The Morgan fingerprint density at radius 3 is 2.56 bits per heavy atom. The monoisotopic (exact) mass is 244 g/mol. The molecule has 0 aliphatic heterocycles. The van der Waals surface area contributed by atoms with E-state index in [4.69, 9.17) is 5.73 Å². The van der Waals surface area contributed by atoms with Gasteiger partial charge in [0.1, 0.15) is 6.04 Å². The van der Waals surface area contributed by atoms with Crippen molar-refractivity contribution in [1.29, 1.82) is 0 Å². The third-order valence-electron chi connectivity index (χ3n) is 4.39. The van der Waals surface area contributed by atoms with E-state index in [9.17, 15) is 4.79 Å². The van der Waals surface area contributed by atoms with E-state index < -0.39 is 6.04 Å². The van der Waals surface area contributed by atoms with E-state index in [1.165, 1.54) is 25.7 Å². The Hall–Kier alpha value is -1.35. The lowest BCUT2D eigenvalue weighted by Crippen LogP contribution is -2.38. The van der Waals surface area contributed by atoms with E-state index in [0.29, 0.717) is 5.41 Å². The van der Waals surface area contributed by atoms with Crippen LogP contribution < -0.4 is 11.1 Å². The van der Waals surface area contributed by atoms with E-state index in [1.54, 1.807) is 0 Å². The average Bonchev–Trinajstić information content (AvgIpc) is 3.28. The van der Waals surface area contributed by atoms with Crippen molar-refractivity contribution < 1.29 is 4.79 Å². The fraction of sp³-hybridized carbons (Fsp3) is 0.533. The van der Waals surface area contributed by atoms with Crippen molar-refractivity contribution in [2.24, 2.45) is 17.1 Å². The lowest BCUT2D eigenvalue weighted by molar-refractivity contribution is -0.122. The molecule has 1 aromatic rings. The third-order valence-corrected chi connectivity index (χ3v) is 4.39. The van der Waals surface area contributed by atoms with Crippen molar-refractivity contribution in [3.8, 4) is 0 Å². The molecule has 0 unspecified atom stereocenters. The number of rotatable bonds is 5. The Morgan fingerprint density at radius 1 is 1.33 bits per heavy atom. The number of nitrogens with one attached hydrogen (secondary N) is 1. The van der Waals surface area contributed by atoms with Crippen LogP contribution in [0.4, 0.5) is 0 Å². The van der Waals surface area contributed by atoms with Gasteiger partial charge in [-0.15, -0.1) is 0 Å². The molecule has 2 aliphatic carbocycles. The first-order chi connectivity index (χ1) is 8.71. The number of hydrogen-bond donors (Lipinski definition) is 2. The van der Waals surface area contributed by atoms with E-state index >= 15 is 0 Å². The van der Waals surface area contributed by atoms with Crippen molar-refractivity contribution in [1.82, 2.24) is 5.32 Å². The van der Waals surface area contributed by atoms with Gasteiger partial charge in [0, 0.05) is 6.54 Å². The first kappa shape index (κ1) is 11.7. The lowest BCUT2D eigenvalue weighted by atomic mass is 10.00. The molecule has 0 aromatic heterocycles. The normalized spacial score (nSPS) is 22.3. The molecule has 2 saturated carbocycles. The highest BCUT2D eigenvalue weighted by atomic mass is 16.2. The van der Waals surface area contributed by atoms with Gasteiger partial charge in [0.05, 0.1) is 0 Å². The van der Waals surface area contributed by atoms with Crippen molar-refractivity contribution in [2.45, 2.75) is 31.7 Å². The zero-order chi connectivity index (χ0) is 12.6. The highest BCUT2D eigenvalue weighted by Gasteiger charge is 2.53. The van der Waals surface area contributed by atoms with Gasteiger partial charge >= 0.3 is 0 Å². The van der Waals surface area contributed by atoms with Crippen LogP contribution in [-0.4, -0.2) is 12.5 Å². The van der Waals surface area contributed by atoms with Gasteiger partial charge in [-0.05, 0) is 42.6 Å². The maximum Gasteiger partial charge on any atom is 0.241 e. The zero-order valence-corrected chi connectivity index (χ0v) is 10.6. The summed E-state index contributed by atoms with van der Waals surface area (Å²) < 4.78 is 0. The summed E-state index contributed by atoms with van der Waals surface area (Å²) >= 11 is 0. The topological polar surface area (TPSA) is 55.1 Å². The number of nitrogens with two attached hydrogens (primary N) is 1. The predicted molar refractivity (Wildman–Crippen MR) is 70.8 cm³/mol. The molecule has 1 atom stereocenters. The second kappa shape index (κ2) is 4.39. The van der Waals surface area contributed by atoms with Crippen LogP contribution in [0.2, 0.25) is 0 Å². The molecule has 96 valence electrons. The van der Waals surface area contributed by atoms with E-state index in [0.717, 1.165) is 18.0 Å². The van der Waals surface area contributed by atoms with Gasteiger partial charge in [-0.1, -0.05) is 30.3 Å². The zero-order valence-electron chi connectivity index (χ0n) is 10.6. The van der Waals surface area contributed by atoms with E-state index in [1.807, 2.05) is 30.3 Å². The van der Waals surface area contributed by atoms with Crippen molar-refractivity contribution in [2.75, 3.05) is 6.54 Å². The summed E-state index contributed by atoms with van der Waals surface area (Å²) in [4.78, 5) is 12.0. The molecule has 3 rings (SSSR count). The van der Waals surface area contributed by atoms with Crippen LogP contribution in [0.5, 0.6) is 0 Å². The molecule has 0 radical (unpaired) electrons. The Morgan fingerprint density at radius 2 is 2.00 bits per heavy atom. The smallest absolute Gasteiger partial charge is 0.241 e. The molecule has 2 aliphatic rings. The van der Waals surface area contributed by atoms with E-state index in [-0.39, 0.29) is 5.91 Å². The van der Waals surface area contributed by atoms with E-state index in [2.05, 4.69) is 5.32 Å². The number of benzene rings is 1. The van der Waals surface area contributed by atoms with Gasteiger partial charge in [-0.25, -0.2) is 0 Å². The number of hydrogen-bond acceptors (Lipinski definition) is 2. The molecule has 18 heavy (non-hydrogen) atoms. The van der Waals surface area contributed by atoms with Crippen LogP contribution in [0.25, 0.3) is 0 Å². The molecule has 3 heteroatoms. The van der Waals surface area contributed by atoms with Crippen LogP contribution in [-0.2, 0) is 4.79 Å². The van der Waals surface area contributed by atoms with Gasteiger partial charge < -0.3 is 11.1 Å². The first-order valence-electron chi connectivity index (χ1n) is 6.79. The lowest BCUT2D eigenvalue weighted by Gasteiger charge is -2.17. The number of amides is 1. The molecule has 0 heterocycles. The Labute approximate surface area is 108 Å². The molecule has 1 aromatic carbocycles. The summed E-state index contributed by atoms with van der Waals surface area (Å²) in [5.74, 6) is 0.818. The minimum Gasteiger partial charge on any atom is -0.354 e. The van der Waals surface area contributed by atoms with Crippen LogP contribution in [0, 0.1) is 11.3 Å². The third kappa shape index (κ3) is 2.27. The Bertz CT molecular complexity index is 435. The minimum absolute atomic E-state index is 0.0480. The summed E-state index contributed by atoms with van der Waals surface area (Å²) in [5.41, 5.74) is 7.29. The summed E-state index contributed by atoms with van der Waals surface area (Å²) in [6.45, 7) is 0.817. The molecule has 0 spiro atoms. The van der Waals surface area contributed by atoms with Gasteiger partial charge in [-0.3, -0.25) is 4.79 Å². The highest BCUT2D eigenvalue weighted by molar-refractivity contribution is 5.82. The van der Waals surface area contributed by atoms with Gasteiger partial charge in [0.2, 0.25) is 5.91 Å². The fourth-order valence-electron chi connectivity index (χ4n) is 2.77. The largest absolute Gasteiger partial charge is 0.354 e. The Kier molecular flexibility index (Phi) is 2.86. The highest BCUT2D eigenvalue weighted by Crippen LogP contribution is 2.60. The van der Waals surface area contributed by atoms with Gasteiger partial charge in [0.15, 0.2) is 0 Å². The summed E-state index contributed by atoms with van der Waals surface area (Å²) in [7, 11) is 0. The van der Waals surface area contributed by atoms with Crippen LogP contribution in [0.15, 0.2) is 30.3 Å². The van der Waals surface area contributed by atoms with Gasteiger partial charge in [0.25, 0.3) is 0 Å². The van der Waals surface area contributed by atoms with Gasteiger partial charge in [-0.2, -0.15) is 0 Å². The molecule has 3 N–H and O–H groups in total. The van der Waals surface area contributed by atoms with Crippen molar-refractivity contribution in [3.05, 3.63) is 35.9 Å². The summed E-state index contributed by atoms with van der Waals surface area (Å²) in [5, 5.41) is 3.04. The van der Waals surface area contributed by atoms with Crippen molar-refractivity contribution in [3.63, 3.8) is 0 Å². The maximum absolute atomic E-state index is 12.0. The van der Waals surface area contributed by atoms with Crippen molar-refractivity contribution >= 4 is 5.91 Å². The van der Waals surface area contributed by atoms with Crippen LogP contribution in [0.1, 0.15) is 37.3 Å². The molecule has 0 bridgehead atoms. The fourth-order valence-corrected chi connectivity index (χ4v) is 2.77. The molecule has 1 amide bonds. The molecule has 2 fully saturated rings. The second-order valence-electron chi connectivity index (χ2n) is 5.74. The first-order valence-corrected chi connectivity index (χ1v) is 6.79. The summed E-state index contributed by atoms with van der Waals surface area (Å²) in [6, 6.07) is 9.02. The standard InChI is InChI=1S/C15H20N2O/c16-13(11-4-2-1-3-5-11)14(18)17-10-15(8-9-15)12-6-7-12/h1-5,12-13H,6-10,16H2,(H,17,18)/t13-/m0/s1. The summed E-state index contributed by atoms with van der Waals surface area (Å²) in [6.07, 6.45) is 5.25. The van der Waals surface area contributed by atoms with Crippen LogP contribution >= 0.6 is 0 Å². The average molecular weight is 244 g/mol. The van der Waals surface area contributed by atoms with Crippen LogP contribution in [0.3, 0.4) is 0 Å².